The third kappa shape index (κ3) is 2.69. The third-order valence-electron chi connectivity index (χ3n) is 3.92. The number of nitrogens with one attached hydrogen (secondary N) is 1. The van der Waals surface area contributed by atoms with Crippen LogP contribution in [0.1, 0.15) is 54.6 Å². The van der Waals surface area contributed by atoms with Gasteiger partial charge in [-0.1, -0.05) is 31.5 Å². The van der Waals surface area contributed by atoms with E-state index in [1.54, 1.807) is 24.5 Å². The molecule has 1 aliphatic rings. The monoisotopic (exact) mass is 338 g/mol. The first-order valence-corrected chi connectivity index (χ1v) is 8.53. The van der Waals surface area contributed by atoms with E-state index >= 15 is 0 Å². The van der Waals surface area contributed by atoms with Crippen molar-refractivity contribution in [2.45, 2.75) is 38.3 Å². The van der Waals surface area contributed by atoms with E-state index in [0.29, 0.717) is 23.1 Å². The number of thiazole rings is 1. The summed E-state index contributed by atoms with van der Waals surface area (Å²) in [6.45, 7) is 4.25. The molecular formula is C16H19ClN2O2S. The van der Waals surface area contributed by atoms with Crippen molar-refractivity contribution in [3.63, 3.8) is 0 Å². The zero-order valence-electron chi connectivity index (χ0n) is 12.8. The van der Waals surface area contributed by atoms with Crippen molar-refractivity contribution in [2.24, 2.45) is 0 Å². The highest BCUT2D eigenvalue weighted by Crippen LogP contribution is 2.46. The molecule has 1 aromatic heterocycles. The van der Waals surface area contributed by atoms with E-state index < -0.39 is 6.10 Å². The summed E-state index contributed by atoms with van der Waals surface area (Å²) in [6.07, 6.45) is 0.0248. The van der Waals surface area contributed by atoms with Crippen LogP contribution in [0.5, 0.6) is 5.75 Å². The van der Waals surface area contributed by atoms with E-state index in [1.807, 2.05) is 6.07 Å². The zero-order valence-corrected chi connectivity index (χ0v) is 14.3. The molecule has 0 saturated heterocycles. The van der Waals surface area contributed by atoms with E-state index in [1.165, 1.54) is 0 Å². The van der Waals surface area contributed by atoms with E-state index in [-0.39, 0.29) is 6.04 Å². The lowest BCUT2D eigenvalue weighted by Crippen LogP contribution is -2.22. The summed E-state index contributed by atoms with van der Waals surface area (Å²) in [5.41, 5.74) is 2.63. The maximum Gasteiger partial charge on any atom is 0.139 e. The molecule has 0 aliphatic carbocycles. The number of rotatable bonds is 3. The summed E-state index contributed by atoms with van der Waals surface area (Å²) in [7, 11) is 1.58. The molecule has 4 nitrogen and oxygen atoms in total. The molecule has 0 fully saturated rings. The van der Waals surface area contributed by atoms with Crippen molar-refractivity contribution < 1.29 is 9.84 Å². The van der Waals surface area contributed by atoms with Crippen molar-refractivity contribution >= 4 is 28.6 Å². The number of methoxy groups -OCH3 is 1. The largest absolute Gasteiger partial charge is 0.495 e. The fourth-order valence-electron chi connectivity index (χ4n) is 2.63. The third-order valence-corrected chi connectivity index (χ3v) is 5.28. The first-order valence-electron chi connectivity index (χ1n) is 7.27. The highest BCUT2D eigenvalue weighted by Gasteiger charge is 2.30. The molecule has 0 radical (unpaired) electrons. The molecule has 0 saturated carbocycles. The standard InChI is InChI=1S/C16H19ClN2O2S/c1-8(2)11-7-22-16(19-11)10-6-12(20)9-4-5-13(21-3)14(17)15(9)18-10/h4-5,7-8,10,12,18,20H,6H2,1-3H3. The van der Waals surface area contributed by atoms with Crippen molar-refractivity contribution in [3.05, 3.63) is 38.8 Å². The van der Waals surface area contributed by atoms with Gasteiger partial charge in [-0.3, -0.25) is 0 Å². The van der Waals surface area contributed by atoms with E-state index in [2.05, 4.69) is 29.5 Å². The van der Waals surface area contributed by atoms with Gasteiger partial charge in [-0.2, -0.15) is 0 Å². The number of aliphatic hydroxyl groups excluding tert-OH is 1. The minimum Gasteiger partial charge on any atom is -0.495 e. The quantitative estimate of drug-likeness (QED) is 0.864. The molecule has 0 spiro atoms. The van der Waals surface area contributed by atoms with E-state index in [0.717, 1.165) is 22.0 Å². The Hall–Kier alpha value is -1.30. The molecule has 118 valence electrons. The van der Waals surface area contributed by atoms with Crippen LogP contribution in [0.15, 0.2) is 17.5 Å². The molecule has 2 aromatic rings. The van der Waals surface area contributed by atoms with Crippen molar-refractivity contribution in [3.8, 4) is 5.75 Å². The maximum absolute atomic E-state index is 10.4. The van der Waals surface area contributed by atoms with Gasteiger partial charge in [0.1, 0.15) is 15.8 Å². The Bertz CT molecular complexity index is 687. The molecule has 2 unspecified atom stereocenters. The van der Waals surface area contributed by atoms with Crippen LogP contribution in [-0.4, -0.2) is 17.2 Å². The predicted molar refractivity (Wildman–Crippen MR) is 90.1 cm³/mol. The molecular weight excluding hydrogens is 320 g/mol. The zero-order chi connectivity index (χ0) is 15.9. The fourth-order valence-corrected chi connectivity index (χ4v) is 3.97. The number of anilines is 1. The SMILES string of the molecule is COc1ccc2c(c1Cl)NC(c1nc(C(C)C)cs1)CC2O. The number of benzene rings is 1. The molecule has 6 heteroatoms. The highest BCUT2D eigenvalue weighted by atomic mass is 35.5. The van der Waals surface area contributed by atoms with Crippen LogP contribution >= 0.6 is 22.9 Å². The average molecular weight is 339 g/mol. The maximum atomic E-state index is 10.4. The number of aromatic nitrogens is 1. The molecule has 1 aromatic carbocycles. The van der Waals surface area contributed by atoms with Gasteiger partial charge in [-0.15, -0.1) is 11.3 Å². The summed E-state index contributed by atoms with van der Waals surface area (Å²) in [5.74, 6) is 0.997. The average Bonchev–Trinajstić information content (AvgIpc) is 2.98. The van der Waals surface area contributed by atoms with Gasteiger partial charge < -0.3 is 15.2 Å². The molecule has 2 N–H and O–H groups in total. The first kappa shape index (κ1) is 15.6. The number of nitrogens with zero attached hydrogens (tertiary/aromatic N) is 1. The number of aliphatic hydroxyl groups is 1. The van der Waals surface area contributed by atoms with Crippen molar-refractivity contribution in [2.75, 3.05) is 12.4 Å². The van der Waals surface area contributed by atoms with Crippen LogP contribution in [0.2, 0.25) is 5.02 Å². The van der Waals surface area contributed by atoms with Crippen LogP contribution < -0.4 is 10.1 Å². The van der Waals surface area contributed by atoms with E-state index in [9.17, 15) is 5.11 Å². The Morgan fingerprint density at radius 2 is 2.23 bits per heavy atom. The first-order chi connectivity index (χ1) is 10.5. The summed E-state index contributed by atoms with van der Waals surface area (Å²) in [4.78, 5) is 4.68. The second kappa shape index (κ2) is 6.07. The smallest absolute Gasteiger partial charge is 0.139 e. The van der Waals surface area contributed by atoms with Crippen molar-refractivity contribution in [1.29, 1.82) is 0 Å². The highest BCUT2D eigenvalue weighted by molar-refractivity contribution is 7.09. The van der Waals surface area contributed by atoms with Crippen LogP contribution in [-0.2, 0) is 0 Å². The van der Waals surface area contributed by atoms with Crippen LogP contribution in [0, 0.1) is 0 Å². The van der Waals surface area contributed by atoms with Gasteiger partial charge >= 0.3 is 0 Å². The van der Waals surface area contributed by atoms with Gasteiger partial charge in [0.25, 0.3) is 0 Å². The number of hydrogen-bond acceptors (Lipinski definition) is 5. The number of halogens is 1. The fraction of sp³-hybridized carbons (Fsp3) is 0.438. The number of ether oxygens (including phenoxy) is 1. The predicted octanol–water partition coefficient (Wildman–Crippen LogP) is 4.52. The van der Waals surface area contributed by atoms with Gasteiger partial charge in [0.2, 0.25) is 0 Å². The van der Waals surface area contributed by atoms with Crippen LogP contribution in [0.3, 0.4) is 0 Å². The minimum absolute atomic E-state index is 0.0374. The Morgan fingerprint density at radius 1 is 1.45 bits per heavy atom. The van der Waals surface area contributed by atoms with Crippen LogP contribution in [0.25, 0.3) is 0 Å². The Balaban J connectivity index is 1.95. The Morgan fingerprint density at radius 3 is 2.86 bits per heavy atom. The summed E-state index contributed by atoms with van der Waals surface area (Å²) >= 11 is 8.00. The Labute approximate surface area is 139 Å². The molecule has 0 amide bonds. The molecule has 2 atom stereocenters. The summed E-state index contributed by atoms with van der Waals surface area (Å²) in [5, 5.41) is 17.4. The minimum atomic E-state index is -0.559. The van der Waals surface area contributed by atoms with Gasteiger partial charge in [-0.05, 0) is 12.0 Å². The summed E-state index contributed by atoms with van der Waals surface area (Å²) in [6, 6.07) is 3.60. The Kier molecular flexibility index (Phi) is 4.30. The lowest BCUT2D eigenvalue weighted by atomic mass is 9.95. The summed E-state index contributed by atoms with van der Waals surface area (Å²) < 4.78 is 5.26. The lowest BCUT2D eigenvalue weighted by Gasteiger charge is -2.30. The molecule has 2 heterocycles. The topological polar surface area (TPSA) is 54.4 Å². The molecule has 22 heavy (non-hydrogen) atoms. The van der Waals surface area contributed by atoms with Crippen molar-refractivity contribution in [1.82, 2.24) is 4.98 Å². The second-order valence-electron chi connectivity index (χ2n) is 5.76. The number of hydrogen-bond donors (Lipinski definition) is 2. The van der Waals surface area contributed by atoms with Gasteiger partial charge in [0.05, 0.1) is 30.6 Å². The molecule has 1 aliphatic heterocycles. The van der Waals surface area contributed by atoms with Gasteiger partial charge in [-0.25, -0.2) is 4.98 Å². The second-order valence-corrected chi connectivity index (χ2v) is 7.03. The van der Waals surface area contributed by atoms with Gasteiger partial charge in [0, 0.05) is 17.4 Å². The lowest BCUT2D eigenvalue weighted by molar-refractivity contribution is 0.156. The van der Waals surface area contributed by atoms with Crippen LogP contribution in [0.4, 0.5) is 5.69 Å². The normalized spacial score (nSPS) is 20.6. The molecule has 3 rings (SSSR count). The molecule has 0 bridgehead atoms. The number of fused-ring (bicyclic) bond motifs is 1. The van der Waals surface area contributed by atoms with Gasteiger partial charge in [0.15, 0.2) is 0 Å². The van der Waals surface area contributed by atoms with E-state index in [4.69, 9.17) is 16.3 Å².